The molecule has 0 aliphatic heterocycles. The van der Waals surface area contributed by atoms with Gasteiger partial charge in [-0.15, -0.1) is 10.2 Å². The third-order valence-electron chi connectivity index (χ3n) is 3.61. The van der Waals surface area contributed by atoms with Crippen molar-refractivity contribution in [1.29, 1.82) is 0 Å². The summed E-state index contributed by atoms with van der Waals surface area (Å²) in [6.07, 6.45) is 3.41. The van der Waals surface area contributed by atoms with Gasteiger partial charge >= 0.3 is 0 Å². The molecule has 3 N–H and O–H groups in total. The van der Waals surface area contributed by atoms with Gasteiger partial charge in [0.1, 0.15) is 5.82 Å². The van der Waals surface area contributed by atoms with Crippen LogP contribution >= 0.6 is 0 Å². The highest BCUT2D eigenvalue weighted by molar-refractivity contribution is 5.94. The summed E-state index contributed by atoms with van der Waals surface area (Å²) in [6, 6.07) is 14.9. The van der Waals surface area contributed by atoms with Crippen molar-refractivity contribution in [2.45, 2.75) is 6.92 Å². The number of nitrogens with zero attached hydrogens (tertiary/aromatic N) is 3. The first kappa shape index (κ1) is 17.3. The summed E-state index contributed by atoms with van der Waals surface area (Å²) in [5, 5.41) is 17.4. The molecule has 0 radical (unpaired) electrons. The smallest absolute Gasteiger partial charge is 0.251 e. The van der Waals surface area contributed by atoms with Crippen molar-refractivity contribution >= 4 is 23.2 Å². The topological polar surface area (TPSA) is 91.8 Å². The van der Waals surface area contributed by atoms with E-state index in [2.05, 4.69) is 31.1 Å². The maximum Gasteiger partial charge on any atom is 0.251 e. The van der Waals surface area contributed by atoms with Crippen molar-refractivity contribution < 1.29 is 4.79 Å². The van der Waals surface area contributed by atoms with E-state index in [9.17, 15) is 4.79 Å². The summed E-state index contributed by atoms with van der Waals surface area (Å²) >= 11 is 0. The Labute approximate surface area is 151 Å². The van der Waals surface area contributed by atoms with Crippen LogP contribution < -0.4 is 16.0 Å². The van der Waals surface area contributed by atoms with E-state index in [1.807, 2.05) is 49.4 Å². The minimum atomic E-state index is -0.0847. The highest BCUT2D eigenvalue weighted by Crippen LogP contribution is 2.13. The number of aryl methyl sites for hydroxylation is 1. The average Bonchev–Trinajstić information content (AvgIpc) is 2.67. The van der Waals surface area contributed by atoms with E-state index in [1.165, 1.54) is 0 Å². The van der Waals surface area contributed by atoms with Gasteiger partial charge in [0, 0.05) is 36.7 Å². The van der Waals surface area contributed by atoms with Crippen LogP contribution in [-0.2, 0) is 0 Å². The number of hydrogen-bond acceptors (Lipinski definition) is 6. The summed E-state index contributed by atoms with van der Waals surface area (Å²) in [5.74, 6) is 1.21. The van der Waals surface area contributed by atoms with Crippen molar-refractivity contribution in [1.82, 2.24) is 20.5 Å². The van der Waals surface area contributed by atoms with Crippen LogP contribution in [0.2, 0.25) is 0 Å². The Morgan fingerprint density at radius 2 is 1.73 bits per heavy atom. The molecule has 0 aliphatic rings. The van der Waals surface area contributed by atoms with Crippen LogP contribution in [0.5, 0.6) is 0 Å². The van der Waals surface area contributed by atoms with Crippen LogP contribution in [0.15, 0.2) is 60.9 Å². The lowest BCUT2D eigenvalue weighted by Gasteiger charge is -2.08. The van der Waals surface area contributed by atoms with E-state index < -0.39 is 0 Å². The average molecular weight is 348 g/mol. The van der Waals surface area contributed by atoms with E-state index in [4.69, 9.17) is 0 Å². The van der Waals surface area contributed by atoms with Crippen molar-refractivity contribution in [3.63, 3.8) is 0 Å². The molecule has 0 unspecified atom stereocenters. The molecule has 2 aromatic heterocycles. The number of benzene rings is 1. The van der Waals surface area contributed by atoms with Gasteiger partial charge in [0.15, 0.2) is 5.82 Å². The largest absolute Gasteiger partial charge is 0.367 e. The molecule has 0 atom stereocenters. The molecule has 1 aromatic carbocycles. The third-order valence-corrected chi connectivity index (χ3v) is 3.61. The Bertz CT molecular complexity index is 851. The van der Waals surface area contributed by atoms with Crippen molar-refractivity contribution in [3.05, 3.63) is 72.1 Å². The predicted octanol–water partition coefficient (Wildman–Crippen LogP) is 2.77. The quantitative estimate of drug-likeness (QED) is 0.569. The maximum atomic E-state index is 12.0. The molecule has 0 fully saturated rings. The first-order chi connectivity index (χ1) is 12.7. The van der Waals surface area contributed by atoms with Crippen LogP contribution in [0.1, 0.15) is 15.9 Å². The zero-order chi connectivity index (χ0) is 18.2. The predicted molar refractivity (Wildman–Crippen MR) is 102 cm³/mol. The Morgan fingerprint density at radius 1 is 0.962 bits per heavy atom. The zero-order valence-corrected chi connectivity index (χ0v) is 14.4. The van der Waals surface area contributed by atoms with E-state index in [1.54, 1.807) is 18.5 Å². The molecule has 7 nitrogen and oxygen atoms in total. The number of anilines is 3. The lowest BCUT2D eigenvalue weighted by atomic mass is 10.1. The van der Waals surface area contributed by atoms with Crippen molar-refractivity contribution in [3.8, 4) is 0 Å². The van der Waals surface area contributed by atoms with Crippen LogP contribution in [0.3, 0.4) is 0 Å². The fraction of sp³-hybridized carbons (Fsp3) is 0.158. The Balaban J connectivity index is 1.43. The van der Waals surface area contributed by atoms with Gasteiger partial charge in [-0.1, -0.05) is 17.7 Å². The highest BCUT2D eigenvalue weighted by atomic mass is 16.1. The Morgan fingerprint density at radius 3 is 2.46 bits per heavy atom. The number of nitrogens with one attached hydrogen (secondary N) is 3. The molecule has 2 heterocycles. The summed E-state index contributed by atoms with van der Waals surface area (Å²) in [7, 11) is 0. The Hall–Kier alpha value is -3.48. The van der Waals surface area contributed by atoms with E-state index in [0.29, 0.717) is 30.3 Å². The number of rotatable bonds is 7. The van der Waals surface area contributed by atoms with Gasteiger partial charge in [0.2, 0.25) is 0 Å². The molecule has 3 rings (SSSR count). The number of pyridine rings is 1. The van der Waals surface area contributed by atoms with Gasteiger partial charge in [-0.05, 0) is 43.3 Å². The number of carbonyl (C=O) groups excluding carboxylic acids is 1. The molecule has 0 saturated heterocycles. The monoisotopic (exact) mass is 348 g/mol. The standard InChI is InChI=1S/C19H20N6O/c1-14-3-2-4-15(13-14)19(26)22-12-11-21-17-5-6-18(25-24-17)23-16-7-9-20-10-8-16/h2-10,13H,11-12H2,1H3,(H,21,24)(H,22,26)(H,20,23,25). The second kappa shape index (κ2) is 8.57. The second-order valence-corrected chi connectivity index (χ2v) is 5.72. The van der Waals surface area contributed by atoms with Crippen LogP contribution in [0.25, 0.3) is 0 Å². The van der Waals surface area contributed by atoms with Gasteiger partial charge in [-0.3, -0.25) is 9.78 Å². The fourth-order valence-corrected chi connectivity index (χ4v) is 2.33. The van der Waals surface area contributed by atoms with Gasteiger partial charge < -0.3 is 16.0 Å². The van der Waals surface area contributed by atoms with Crippen LogP contribution in [0, 0.1) is 6.92 Å². The zero-order valence-electron chi connectivity index (χ0n) is 14.4. The first-order valence-electron chi connectivity index (χ1n) is 8.30. The molecule has 0 spiro atoms. The molecule has 0 aliphatic carbocycles. The number of carbonyl (C=O) groups is 1. The summed E-state index contributed by atoms with van der Waals surface area (Å²) in [5.41, 5.74) is 2.62. The van der Waals surface area contributed by atoms with Gasteiger partial charge in [-0.2, -0.15) is 0 Å². The molecule has 0 bridgehead atoms. The summed E-state index contributed by atoms with van der Waals surface area (Å²) in [4.78, 5) is 16.0. The lowest BCUT2D eigenvalue weighted by Crippen LogP contribution is -2.28. The minimum Gasteiger partial charge on any atom is -0.367 e. The van der Waals surface area contributed by atoms with Crippen molar-refractivity contribution in [2.75, 3.05) is 23.7 Å². The molecule has 3 aromatic rings. The minimum absolute atomic E-state index is 0.0847. The molecular formula is C19H20N6O. The van der Waals surface area contributed by atoms with Crippen molar-refractivity contribution in [2.24, 2.45) is 0 Å². The SMILES string of the molecule is Cc1cccc(C(=O)NCCNc2ccc(Nc3ccncc3)nn2)c1. The third kappa shape index (κ3) is 5.01. The van der Waals surface area contributed by atoms with E-state index >= 15 is 0 Å². The van der Waals surface area contributed by atoms with Crippen LogP contribution in [0.4, 0.5) is 17.3 Å². The van der Waals surface area contributed by atoms with E-state index in [0.717, 1.165) is 11.3 Å². The number of hydrogen-bond donors (Lipinski definition) is 3. The number of aromatic nitrogens is 3. The van der Waals surface area contributed by atoms with Gasteiger partial charge in [0.25, 0.3) is 5.91 Å². The second-order valence-electron chi connectivity index (χ2n) is 5.72. The summed E-state index contributed by atoms with van der Waals surface area (Å²) < 4.78 is 0. The summed E-state index contributed by atoms with van der Waals surface area (Å²) in [6.45, 7) is 3.01. The van der Waals surface area contributed by atoms with E-state index in [-0.39, 0.29) is 5.91 Å². The molecule has 26 heavy (non-hydrogen) atoms. The highest BCUT2D eigenvalue weighted by Gasteiger charge is 2.04. The normalized spacial score (nSPS) is 10.2. The first-order valence-corrected chi connectivity index (χ1v) is 8.30. The molecule has 132 valence electrons. The lowest BCUT2D eigenvalue weighted by molar-refractivity contribution is 0.0955. The molecule has 1 amide bonds. The van der Waals surface area contributed by atoms with Gasteiger partial charge in [0.05, 0.1) is 0 Å². The molecule has 0 saturated carbocycles. The Kier molecular flexibility index (Phi) is 5.72. The maximum absolute atomic E-state index is 12.0. The number of amides is 1. The van der Waals surface area contributed by atoms with Gasteiger partial charge in [-0.25, -0.2) is 0 Å². The van der Waals surface area contributed by atoms with Crippen LogP contribution in [-0.4, -0.2) is 34.2 Å². The molecule has 7 heteroatoms. The molecular weight excluding hydrogens is 328 g/mol. The fourth-order valence-electron chi connectivity index (χ4n) is 2.33.